The lowest BCUT2D eigenvalue weighted by Crippen LogP contribution is -2.38. The number of carbonyl (C=O) groups is 3. The van der Waals surface area contributed by atoms with Crippen molar-refractivity contribution in [1.29, 1.82) is 0 Å². The highest BCUT2D eigenvalue weighted by Crippen LogP contribution is 2.38. The third-order valence-corrected chi connectivity index (χ3v) is 8.40. The minimum atomic E-state index is -3.71. The van der Waals surface area contributed by atoms with E-state index in [1.165, 1.54) is 31.4 Å². The van der Waals surface area contributed by atoms with Gasteiger partial charge in [-0.05, 0) is 36.8 Å². The Kier molecular flexibility index (Phi) is 9.24. The van der Waals surface area contributed by atoms with Crippen LogP contribution in [-0.4, -0.2) is 106 Å². The van der Waals surface area contributed by atoms with E-state index in [0.717, 1.165) is 11.2 Å². The highest BCUT2D eigenvalue weighted by atomic mass is 32.2. The van der Waals surface area contributed by atoms with E-state index in [1.807, 2.05) is 0 Å². The second kappa shape index (κ2) is 13.0. The predicted molar refractivity (Wildman–Crippen MR) is 153 cm³/mol. The van der Waals surface area contributed by atoms with E-state index in [2.05, 4.69) is 10.2 Å². The van der Waals surface area contributed by atoms with Crippen LogP contribution in [0, 0.1) is 10.1 Å². The molecule has 2 fully saturated rings. The highest BCUT2D eigenvalue weighted by Gasteiger charge is 2.50. The van der Waals surface area contributed by atoms with Crippen LogP contribution in [0.5, 0.6) is 11.5 Å². The lowest BCUT2D eigenvalue weighted by molar-refractivity contribution is -0.769. The number of amides is 3. The summed E-state index contributed by atoms with van der Waals surface area (Å²) in [7, 11) is -2.26. The van der Waals surface area contributed by atoms with Crippen molar-refractivity contribution < 1.29 is 56.4 Å². The number of anilines is 1. The topological polar surface area (TPSA) is 199 Å². The summed E-state index contributed by atoms with van der Waals surface area (Å²) >= 11 is 0. The zero-order chi connectivity index (χ0) is 32.5. The van der Waals surface area contributed by atoms with Gasteiger partial charge in [-0.25, -0.2) is 8.42 Å². The molecule has 0 radical (unpaired) electrons. The second-order valence-corrected chi connectivity index (χ2v) is 12.7. The number of carbonyl (C=O) groups excluding carboxylic acids is 3. The maximum absolute atomic E-state index is 13.8. The molecule has 0 aromatic heterocycles. The molecule has 3 heterocycles. The smallest absolute Gasteiger partial charge is 0.294 e. The van der Waals surface area contributed by atoms with E-state index in [-0.39, 0.29) is 36.6 Å². The van der Waals surface area contributed by atoms with Gasteiger partial charge in [0.05, 0.1) is 55.5 Å². The highest BCUT2D eigenvalue weighted by molar-refractivity contribution is 7.90. The molecule has 0 spiro atoms. The van der Waals surface area contributed by atoms with Gasteiger partial charge < -0.3 is 33.8 Å². The fourth-order valence-electron chi connectivity index (χ4n) is 5.61. The zero-order valence-electron chi connectivity index (χ0n) is 24.5. The molecule has 3 aliphatic rings. The first kappa shape index (κ1) is 32.1. The molecule has 17 heteroatoms. The number of sulfone groups is 1. The van der Waals surface area contributed by atoms with Crippen LogP contribution in [0.15, 0.2) is 36.4 Å². The molecule has 0 saturated carbocycles. The monoisotopic (exact) mass is 649 g/mol. The van der Waals surface area contributed by atoms with E-state index < -0.39 is 75.5 Å². The van der Waals surface area contributed by atoms with E-state index >= 15 is 0 Å². The fourth-order valence-corrected chi connectivity index (χ4v) is 6.52. The first-order valence-corrected chi connectivity index (χ1v) is 15.9. The van der Waals surface area contributed by atoms with Gasteiger partial charge in [0, 0.05) is 6.26 Å². The zero-order valence-corrected chi connectivity index (χ0v) is 25.3. The van der Waals surface area contributed by atoms with E-state index in [4.69, 9.17) is 23.7 Å². The summed E-state index contributed by atoms with van der Waals surface area (Å²) in [5.74, 6) is -2.06. The van der Waals surface area contributed by atoms with Crippen LogP contribution in [0.25, 0.3) is 0 Å². The van der Waals surface area contributed by atoms with E-state index in [9.17, 15) is 32.9 Å². The van der Waals surface area contributed by atoms with Gasteiger partial charge >= 0.3 is 0 Å². The molecule has 242 valence electrons. The average Bonchev–Trinajstić information content (AvgIpc) is 3.64. The third-order valence-electron chi connectivity index (χ3n) is 7.48. The van der Waals surface area contributed by atoms with Crippen molar-refractivity contribution in [3.05, 3.63) is 63.2 Å². The largest absolute Gasteiger partial charge is 0.493 e. The normalized spacial score (nSPS) is 23.0. The summed E-state index contributed by atoms with van der Waals surface area (Å²) in [5, 5.41) is 12.4. The molecule has 3 amide bonds. The minimum Gasteiger partial charge on any atom is -0.493 e. The number of hydrogen-bond donors (Lipinski definition) is 1. The Hall–Kier alpha value is -4.32. The van der Waals surface area contributed by atoms with Crippen molar-refractivity contribution in [2.45, 2.75) is 37.4 Å². The summed E-state index contributed by atoms with van der Waals surface area (Å²) in [5.41, 5.74) is 0.243. The van der Waals surface area contributed by atoms with Gasteiger partial charge in [-0.3, -0.25) is 19.3 Å². The number of methoxy groups -OCH3 is 1. The molecule has 2 aromatic rings. The standard InChI is InChI=1S/C28H31N3O13S/c1-4-40-20-10-15(8-9-19(20)39-2)18(14-45(3,37)38)30-27(33)16-6-5-7-17(24(16)28(30)34)29-23(32)13-41-21-11-42-26-22(44-31(35)36)12-43-25(21)26/h5-10,18,21-22,25-26H,4,11-14H2,1-3H3,(H,29,32)/t18?,21-,22+,25+,26+/m0/s1. The number of hydrogen-bond acceptors (Lipinski definition) is 13. The van der Waals surface area contributed by atoms with Crippen molar-refractivity contribution in [2.75, 3.05) is 50.9 Å². The minimum absolute atomic E-state index is 0.0148. The number of nitrogens with zero attached hydrogens (tertiary/aromatic N) is 2. The van der Waals surface area contributed by atoms with Crippen LogP contribution in [0.1, 0.15) is 39.2 Å². The number of benzene rings is 2. The molecule has 0 bridgehead atoms. The molecule has 2 aromatic carbocycles. The van der Waals surface area contributed by atoms with Crippen LogP contribution < -0.4 is 14.8 Å². The Bertz CT molecular complexity index is 1610. The van der Waals surface area contributed by atoms with Crippen LogP contribution in [0.3, 0.4) is 0 Å². The van der Waals surface area contributed by atoms with Gasteiger partial charge in [0.25, 0.3) is 16.9 Å². The summed E-state index contributed by atoms with van der Waals surface area (Å²) in [4.78, 5) is 56.5. The molecular formula is C28H31N3O13S. The lowest BCUT2D eigenvalue weighted by Gasteiger charge is -2.27. The van der Waals surface area contributed by atoms with Crippen LogP contribution in [-0.2, 0) is 33.7 Å². The van der Waals surface area contributed by atoms with Gasteiger partial charge in [0.1, 0.15) is 34.8 Å². The van der Waals surface area contributed by atoms with Crippen LogP contribution in [0.4, 0.5) is 5.69 Å². The van der Waals surface area contributed by atoms with E-state index in [1.54, 1.807) is 19.1 Å². The summed E-state index contributed by atoms with van der Waals surface area (Å²) in [6, 6.07) is 7.75. The van der Waals surface area contributed by atoms with E-state index in [0.29, 0.717) is 17.1 Å². The Balaban J connectivity index is 1.33. The molecule has 45 heavy (non-hydrogen) atoms. The Labute approximate surface area is 257 Å². The molecule has 16 nitrogen and oxygen atoms in total. The van der Waals surface area contributed by atoms with Crippen molar-refractivity contribution in [3.63, 3.8) is 0 Å². The summed E-state index contributed by atoms with van der Waals surface area (Å²) in [6.45, 7) is 1.50. The van der Waals surface area contributed by atoms with Gasteiger partial charge in [0.15, 0.2) is 17.6 Å². The first-order chi connectivity index (χ1) is 21.4. The first-order valence-electron chi connectivity index (χ1n) is 13.9. The summed E-state index contributed by atoms with van der Waals surface area (Å²) < 4.78 is 52.6. The van der Waals surface area contributed by atoms with Crippen molar-refractivity contribution in [2.24, 2.45) is 0 Å². The van der Waals surface area contributed by atoms with Gasteiger partial charge in [-0.15, -0.1) is 10.1 Å². The van der Waals surface area contributed by atoms with Crippen molar-refractivity contribution in [3.8, 4) is 11.5 Å². The van der Waals surface area contributed by atoms with Crippen molar-refractivity contribution in [1.82, 2.24) is 4.90 Å². The molecule has 5 rings (SSSR count). The van der Waals surface area contributed by atoms with Gasteiger partial charge in [-0.1, -0.05) is 12.1 Å². The number of imide groups is 1. The second-order valence-electron chi connectivity index (χ2n) is 10.5. The number of rotatable bonds is 13. The molecule has 1 N–H and O–H groups in total. The van der Waals surface area contributed by atoms with Crippen LogP contribution in [0.2, 0.25) is 0 Å². The Morgan fingerprint density at radius 2 is 1.82 bits per heavy atom. The SMILES string of the molecule is CCOc1cc(C(CS(C)(=O)=O)N2C(=O)c3cccc(NC(=O)CO[C@H]4CO[C@H]5[C@@H]4OC[C@H]5O[N+](=O)[O-])c3C2=O)ccc1OC. The average molecular weight is 650 g/mol. The quantitative estimate of drug-likeness (QED) is 0.184. The maximum Gasteiger partial charge on any atom is 0.294 e. The number of ether oxygens (including phenoxy) is 5. The maximum atomic E-state index is 13.8. The Morgan fingerprint density at radius 3 is 2.49 bits per heavy atom. The molecular weight excluding hydrogens is 618 g/mol. The molecule has 2 saturated heterocycles. The van der Waals surface area contributed by atoms with Gasteiger partial charge in [0.2, 0.25) is 5.91 Å². The fraction of sp³-hybridized carbons (Fsp3) is 0.464. The number of nitrogens with one attached hydrogen (secondary N) is 1. The molecule has 5 atom stereocenters. The van der Waals surface area contributed by atoms with Crippen LogP contribution >= 0.6 is 0 Å². The molecule has 1 unspecified atom stereocenters. The summed E-state index contributed by atoms with van der Waals surface area (Å²) in [6.07, 6.45) is -2.03. The molecule has 0 aliphatic carbocycles. The number of fused-ring (bicyclic) bond motifs is 2. The van der Waals surface area contributed by atoms with Crippen molar-refractivity contribution >= 4 is 33.2 Å². The van der Waals surface area contributed by atoms with Gasteiger partial charge in [-0.2, -0.15) is 0 Å². The lowest BCUT2D eigenvalue weighted by atomic mass is 10.1. The third kappa shape index (κ3) is 6.70. The molecule has 3 aliphatic heterocycles. The Morgan fingerprint density at radius 1 is 1.11 bits per heavy atom. The predicted octanol–water partition coefficient (Wildman–Crippen LogP) is 1.17.